The van der Waals surface area contributed by atoms with Crippen molar-refractivity contribution in [3.63, 3.8) is 0 Å². The summed E-state index contributed by atoms with van der Waals surface area (Å²) in [5.74, 6) is 0. The van der Waals surface area contributed by atoms with E-state index in [0.29, 0.717) is 0 Å². The van der Waals surface area contributed by atoms with Crippen LogP contribution in [0.25, 0.3) is 0 Å². The summed E-state index contributed by atoms with van der Waals surface area (Å²) < 4.78 is 4.74. The molecule has 0 aliphatic heterocycles. The van der Waals surface area contributed by atoms with E-state index in [1.54, 1.807) is 17.6 Å². The molecular formula is C10H12N2OS. The minimum Gasteiger partial charge on any atom is -0.364 e. The number of rotatable bonds is 4. The fourth-order valence-electron chi connectivity index (χ4n) is 1.22. The Balaban J connectivity index is 1.81. The number of thiophene rings is 1. The van der Waals surface area contributed by atoms with Crippen molar-refractivity contribution in [3.05, 3.63) is 39.9 Å². The predicted octanol–water partition coefficient (Wildman–Crippen LogP) is 2.33. The number of aromatic nitrogens is 1. The van der Waals surface area contributed by atoms with Crippen LogP contribution >= 0.6 is 11.3 Å². The highest BCUT2D eigenvalue weighted by Crippen LogP contribution is 2.14. The highest BCUT2D eigenvalue weighted by Gasteiger charge is 2.00. The third kappa shape index (κ3) is 2.21. The highest BCUT2D eigenvalue weighted by atomic mass is 32.1. The minimum atomic E-state index is 0.758. The van der Waals surface area contributed by atoms with Crippen LogP contribution in [-0.2, 0) is 13.1 Å². The summed E-state index contributed by atoms with van der Waals surface area (Å²) in [5, 5.41) is 9.26. The lowest BCUT2D eigenvalue weighted by Crippen LogP contribution is -2.12. The maximum Gasteiger partial charge on any atom is 0.124 e. The molecule has 0 aliphatic carbocycles. The van der Waals surface area contributed by atoms with Gasteiger partial charge in [0.25, 0.3) is 0 Å². The number of nitrogens with zero attached hydrogens (tertiary/aromatic N) is 1. The van der Waals surface area contributed by atoms with Gasteiger partial charge in [-0.25, -0.2) is 0 Å². The van der Waals surface area contributed by atoms with Crippen LogP contribution in [0.2, 0.25) is 0 Å². The van der Waals surface area contributed by atoms with Gasteiger partial charge in [-0.05, 0) is 23.9 Å². The molecule has 0 amide bonds. The van der Waals surface area contributed by atoms with Gasteiger partial charge < -0.3 is 9.84 Å². The monoisotopic (exact) mass is 208 g/mol. The second-order valence-corrected chi connectivity index (χ2v) is 4.12. The van der Waals surface area contributed by atoms with E-state index in [1.807, 2.05) is 6.07 Å². The van der Waals surface area contributed by atoms with E-state index in [-0.39, 0.29) is 0 Å². The van der Waals surface area contributed by atoms with Crippen molar-refractivity contribution in [1.82, 2.24) is 10.5 Å². The Kier molecular flexibility index (Phi) is 2.96. The van der Waals surface area contributed by atoms with Gasteiger partial charge in [-0.2, -0.15) is 0 Å². The first kappa shape index (κ1) is 9.43. The molecule has 0 unspecified atom stereocenters. The van der Waals surface area contributed by atoms with Crippen LogP contribution in [-0.4, -0.2) is 5.16 Å². The van der Waals surface area contributed by atoms with Gasteiger partial charge in [0, 0.05) is 24.0 Å². The van der Waals surface area contributed by atoms with Gasteiger partial charge >= 0.3 is 0 Å². The molecule has 0 fully saturated rings. The molecule has 0 aliphatic rings. The molecular weight excluding hydrogens is 196 g/mol. The summed E-state index contributed by atoms with van der Waals surface area (Å²) >= 11 is 1.78. The van der Waals surface area contributed by atoms with Gasteiger partial charge in [-0.3, -0.25) is 0 Å². The van der Waals surface area contributed by atoms with Crippen LogP contribution in [0.5, 0.6) is 0 Å². The molecule has 14 heavy (non-hydrogen) atoms. The third-order valence-corrected chi connectivity index (χ3v) is 3.07. The maximum absolute atomic E-state index is 4.74. The summed E-state index contributed by atoms with van der Waals surface area (Å²) in [6.45, 7) is 3.79. The largest absolute Gasteiger partial charge is 0.364 e. The molecule has 0 spiro atoms. The zero-order chi connectivity index (χ0) is 9.80. The van der Waals surface area contributed by atoms with Crippen molar-refractivity contribution in [2.45, 2.75) is 20.0 Å². The number of nitrogens with one attached hydrogen (secondary N) is 1. The van der Waals surface area contributed by atoms with Crippen molar-refractivity contribution in [1.29, 1.82) is 0 Å². The normalized spacial score (nSPS) is 10.6. The quantitative estimate of drug-likeness (QED) is 0.838. The summed E-state index contributed by atoms with van der Waals surface area (Å²) in [5.41, 5.74) is 2.29. The molecule has 1 N–H and O–H groups in total. The minimum absolute atomic E-state index is 0.758. The Labute approximate surface area is 86.7 Å². The van der Waals surface area contributed by atoms with Gasteiger partial charge in [-0.15, -0.1) is 11.3 Å². The van der Waals surface area contributed by atoms with E-state index in [2.05, 4.69) is 28.8 Å². The Morgan fingerprint density at radius 3 is 3.00 bits per heavy atom. The second kappa shape index (κ2) is 4.39. The van der Waals surface area contributed by atoms with Crippen molar-refractivity contribution >= 4 is 11.3 Å². The summed E-state index contributed by atoms with van der Waals surface area (Å²) in [6.07, 6.45) is 1.59. The zero-order valence-electron chi connectivity index (χ0n) is 7.99. The van der Waals surface area contributed by atoms with E-state index in [0.717, 1.165) is 18.8 Å². The molecule has 0 atom stereocenters. The summed E-state index contributed by atoms with van der Waals surface area (Å²) in [4.78, 5) is 1.38. The first-order valence-electron chi connectivity index (χ1n) is 4.49. The molecule has 0 aromatic carbocycles. The molecule has 4 heteroatoms. The molecule has 2 rings (SSSR count). The SMILES string of the molecule is Cc1ccsc1CNCc1ccon1. The van der Waals surface area contributed by atoms with Crippen LogP contribution in [0.3, 0.4) is 0 Å². The van der Waals surface area contributed by atoms with Crippen molar-refractivity contribution in [2.24, 2.45) is 0 Å². The van der Waals surface area contributed by atoms with Gasteiger partial charge in [0.1, 0.15) is 6.26 Å². The number of hydrogen-bond donors (Lipinski definition) is 1. The first-order valence-corrected chi connectivity index (χ1v) is 5.37. The molecule has 0 saturated carbocycles. The zero-order valence-corrected chi connectivity index (χ0v) is 8.80. The average Bonchev–Trinajstić information content (AvgIpc) is 2.78. The van der Waals surface area contributed by atoms with Crippen LogP contribution in [0.4, 0.5) is 0 Å². The smallest absolute Gasteiger partial charge is 0.124 e. The third-order valence-electron chi connectivity index (χ3n) is 2.05. The van der Waals surface area contributed by atoms with Gasteiger partial charge in [0.2, 0.25) is 0 Å². The van der Waals surface area contributed by atoms with Crippen LogP contribution in [0.15, 0.2) is 28.3 Å². The second-order valence-electron chi connectivity index (χ2n) is 3.12. The predicted molar refractivity (Wildman–Crippen MR) is 56.1 cm³/mol. The van der Waals surface area contributed by atoms with Crippen molar-refractivity contribution in [2.75, 3.05) is 0 Å². The Morgan fingerprint density at radius 2 is 2.36 bits per heavy atom. The van der Waals surface area contributed by atoms with Crippen molar-refractivity contribution in [3.8, 4) is 0 Å². The molecule has 2 aromatic heterocycles. The molecule has 74 valence electrons. The fraction of sp³-hybridized carbons (Fsp3) is 0.300. The molecule has 0 saturated heterocycles. The van der Waals surface area contributed by atoms with E-state index in [1.165, 1.54) is 10.4 Å². The summed E-state index contributed by atoms with van der Waals surface area (Å²) in [7, 11) is 0. The Morgan fingerprint density at radius 1 is 1.43 bits per heavy atom. The van der Waals surface area contributed by atoms with Crippen LogP contribution < -0.4 is 5.32 Å². The van der Waals surface area contributed by atoms with E-state index < -0.39 is 0 Å². The Hall–Kier alpha value is -1.13. The standard InChI is InChI=1S/C10H12N2OS/c1-8-3-5-14-10(8)7-11-6-9-2-4-13-12-9/h2-5,11H,6-7H2,1H3. The fourth-order valence-corrected chi connectivity index (χ4v) is 2.09. The van der Waals surface area contributed by atoms with Gasteiger partial charge in [-0.1, -0.05) is 5.16 Å². The first-order chi connectivity index (χ1) is 6.86. The molecule has 2 heterocycles. The topological polar surface area (TPSA) is 38.1 Å². The molecule has 0 bridgehead atoms. The Bertz CT molecular complexity index is 380. The van der Waals surface area contributed by atoms with E-state index in [9.17, 15) is 0 Å². The van der Waals surface area contributed by atoms with Crippen LogP contribution in [0.1, 0.15) is 16.1 Å². The molecule has 3 nitrogen and oxygen atoms in total. The number of hydrogen-bond acceptors (Lipinski definition) is 4. The molecule has 0 radical (unpaired) electrons. The maximum atomic E-state index is 4.74. The van der Waals surface area contributed by atoms with Crippen LogP contribution in [0, 0.1) is 6.92 Å². The van der Waals surface area contributed by atoms with Crippen molar-refractivity contribution < 1.29 is 4.52 Å². The lowest BCUT2D eigenvalue weighted by atomic mass is 10.3. The highest BCUT2D eigenvalue weighted by molar-refractivity contribution is 7.10. The van der Waals surface area contributed by atoms with E-state index in [4.69, 9.17) is 4.52 Å². The number of aryl methyl sites for hydroxylation is 1. The summed E-state index contributed by atoms with van der Waals surface area (Å²) in [6, 6.07) is 4.01. The average molecular weight is 208 g/mol. The lowest BCUT2D eigenvalue weighted by molar-refractivity contribution is 0.408. The molecule has 2 aromatic rings. The van der Waals surface area contributed by atoms with Gasteiger partial charge in [0.05, 0.1) is 5.69 Å². The van der Waals surface area contributed by atoms with E-state index >= 15 is 0 Å². The van der Waals surface area contributed by atoms with Gasteiger partial charge in [0.15, 0.2) is 0 Å². The lowest BCUT2D eigenvalue weighted by Gasteiger charge is -2.00.